The first kappa shape index (κ1) is 21.0. The van der Waals surface area contributed by atoms with E-state index < -0.39 is 6.10 Å². The number of aliphatic hydroxyl groups excluding tert-OH is 1. The molecule has 1 aliphatic rings. The number of β-amino-alcohol motifs (C(OH)–C–C–N with tert-alkyl or cyclic N) is 1. The van der Waals surface area contributed by atoms with Crippen LogP contribution in [-0.4, -0.2) is 58.6 Å². The summed E-state index contributed by atoms with van der Waals surface area (Å²) in [5.41, 5.74) is 4.32. The van der Waals surface area contributed by atoms with Gasteiger partial charge in [0.15, 0.2) is 0 Å². The smallest absolute Gasteiger partial charge is 0.237 e. The van der Waals surface area contributed by atoms with Crippen molar-refractivity contribution in [3.8, 4) is 0 Å². The lowest BCUT2D eigenvalue weighted by Gasteiger charge is -2.22. The molecule has 1 fully saturated rings. The Morgan fingerprint density at radius 3 is 2.39 bits per heavy atom. The van der Waals surface area contributed by atoms with Crippen LogP contribution in [0.2, 0.25) is 0 Å². The molecule has 1 amide bonds. The van der Waals surface area contributed by atoms with Crippen LogP contribution >= 0.6 is 0 Å². The number of benzene rings is 2. The van der Waals surface area contributed by atoms with Crippen molar-refractivity contribution >= 4 is 17.3 Å². The quantitative estimate of drug-likeness (QED) is 0.669. The van der Waals surface area contributed by atoms with Crippen LogP contribution < -0.4 is 4.90 Å². The van der Waals surface area contributed by atoms with E-state index in [0.717, 1.165) is 22.5 Å². The Labute approximate surface area is 183 Å². The molecule has 1 aliphatic heterocycles. The van der Waals surface area contributed by atoms with E-state index in [2.05, 4.69) is 46.3 Å². The van der Waals surface area contributed by atoms with Crippen LogP contribution in [-0.2, 0) is 17.9 Å². The van der Waals surface area contributed by atoms with Crippen molar-refractivity contribution in [2.75, 3.05) is 31.6 Å². The normalized spacial score (nSPS) is 17.4. The average molecular weight is 417 g/mol. The van der Waals surface area contributed by atoms with Crippen LogP contribution in [0, 0.1) is 0 Å². The molecule has 1 unspecified atom stereocenters. The highest BCUT2D eigenvalue weighted by Crippen LogP contribution is 2.24. The first-order valence-corrected chi connectivity index (χ1v) is 10.5. The predicted molar refractivity (Wildman–Crippen MR) is 122 cm³/mol. The molecular weight excluding hydrogens is 388 g/mol. The van der Waals surface area contributed by atoms with E-state index in [1.807, 2.05) is 42.3 Å². The summed E-state index contributed by atoms with van der Waals surface area (Å²) in [6.07, 6.45) is 2.90. The maximum absolute atomic E-state index is 12.8. The number of amides is 1. The summed E-state index contributed by atoms with van der Waals surface area (Å²) in [5.74, 6) is 0.0286. The highest BCUT2D eigenvalue weighted by molar-refractivity contribution is 5.78. The molecule has 31 heavy (non-hydrogen) atoms. The number of aliphatic hydroxyl groups is 1. The Bertz CT molecular complexity index is 979. The van der Waals surface area contributed by atoms with Gasteiger partial charge in [-0.15, -0.1) is 0 Å². The van der Waals surface area contributed by atoms with E-state index >= 15 is 0 Å². The number of pyridine rings is 1. The van der Waals surface area contributed by atoms with Gasteiger partial charge in [-0.05, 0) is 41.5 Å². The topological polar surface area (TPSA) is 59.9 Å². The molecule has 2 aromatic carbocycles. The number of carbonyl (C=O) groups excluding carboxylic acids is 1. The molecule has 0 radical (unpaired) electrons. The molecule has 0 saturated carbocycles. The second kappa shape index (κ2) is 9.73. The average Bonchev–Trinajstić information content (AvgIpc) is 2.92. The van der Waals surface area contributed by atoms with Gasteiger partial charge < -0.3 is 14.9 Å². The molecule has 160 valence electrons. The van der Waals surface area contributed by atoms with Crippen molar-refractivity contribution in [1.82, 2.24) is 14.8 Å². The van der Waals surface area contributed by atoms with Crippen LogP contribution in [0.15, 0.2) is 79.1 Å². The predicted octanol–water partition coefficient (Wildman–Crippen LogP) is 3.05. The number of rotatable bonds is 6. The van der Waals surface area contributed by atoms with E-state index in [1.165, 1.54) is 0 Å². The minimum absolute atomic E-state index is 0.0286. The minimum atomic E-state index is -0.577. The number of para-hydroxylation sites is 1. The van der Waals surface area contributed by atoms with Gasteiger partial charge in [0.25, 0.3) is 0 Å². The molecule has 3 aromatic rings. The second-order valence-electron chi connectivity index (χ2n) is 8.02. The lowest BCUT2D eigenvalue weighted by molar-refractivity contribution is -0.132. The molecule has 1 N–H and O–H groups in total. The summed E-state index contributed by atoms with van der Waals surface area (Å²) in [6, 6.07) is 22.4. The third kappa shape index (κ3) is 5.48. The number of hydrogen-bond donors (Lipinski definition) is 1. The molecule has 0 bridgehead atoms. The van der Waals surface area contributed by atoms with Gasteiger partial charge in [-0.2, -0.15) is 0 Å². The summed E-state index contributed by atoms with van der Waals surface area (Å²) in [7, 11) is 2.05. The summed E-state index contributed by atoms with van der Waals surface area (Å²) >= 11 is 0. The lowest BCUT2D eigenvalue weighted by atomic mass is 10.1. The third-order valence-electron chi connectivity index (χ3n) is 5.58. The molecular formula is C25H28N4O2. The van der Waals surface area contributed by atoms with Crippen LogP contribution in [0.3, 0.4) is 0 Å². The SMILES string of the molecule is CN(c1ccccc1)c1ccc(CN2CC(=O)N(Cc3cccnc3)CC(O)C2)cc1. The van der Waals surface area contributed by atoms with Crippen molar-refractivity contribution in [3.63, 3.8) is 0 Å². The van der Waals surface area contributed by atoms with Gasteiger partial charge in [0.05, 0.1) is 12.6 Å². The maximum Gasteiger partial charge on any atom is 0.237 e. The number of anilines is 2. The number of carbonyl (C=O) groups is 1. The van der Waals surface area contributed by atoms with E-state index in [0.29, 0.717) is 32.7 Å². The van der Waals surface area contributed by atoms with Crippen LogP contribution in [0.4, 0.5) is 11.4 Å². The first-order chi connectivity index (χ1) is 15.1. The Kier molecular flexibility index (Phi) is 6.60. The summed E-state index contributed by atoms with van der Waals surface area (Å²) in [6.45, 7) is 2.20. The van der Waals surface area contributed by atoms with E-state index in [9.17, 15) is 9.90 Å². The second-order valence-corrected chi connectivity index (χ2v) is 8.02. The largest absolute Gasteiger partial charge is 0.390 e. The van der Waals surface area contributed by atoms with Crippen LogP contribution in [0.25, 0.3) is 0 Å². The Balaban J connectivity index is 1.39. The van der Waals surface area contributed by atoms with Gasteiger partial charge in [-0.1, -0.05) is 36.4 Å². The molecule has 0 aliphatic carbocycles. The van der Waals surface area contributed by atoms with Crippen molar-refractivity contribution in [2.45, 2.75) is 19.2 Å². The summed E-state index contributed by atoms with van der Waals surface area (Å²) < 4.78 is 0. The molecule has 0 spiro atoms. The van der Waals surface area contributed by atoms with Gasteiger partial charge in [0, 0.05) is 57.0 Å². The van der Waals surface area contributed by atoms with Crippen molar-refractivity contribution < 1.29 is 9.90 Å². The van der Waals surface area contributed by atoms with Gasteiger partial charge in [-0.25, -0.2) is 0 Å². The van der Waals surface area contributed by atoms with Crippen molar-refractivity contribution in [3.05, 3.63) is 90.3 Å². The summed E-state index contributed by atoms with van der Waals surface area (Å²) in [5, 5.41) is 10.5. The standard InChI is InChI=1S/C25H28N4O2/c1-27(22-7-3-2-4-8-22)23-11-9-20(10-12-23)15-28-17-24(30)18-29(25(31)19-28)16-21-6-5-13-26-14-21/h2-14,24,30H,15-19H2,1H3. The molecule has 6 nitrogen and oxygen atoms in total. The molecule has 4 rings (SSSR count). The Morgan fingerprint density at radius 2 is 1.68 bits per heavy atom. The molecule has 1 saturated heterocycles. The zero-order valence-corrected chi connectivity index (χ0v) is 17.8. The van der Waals surface area contributed by atoms with Crippen molar-refractivity contribution in [2.24, 2.45) is 0 Å². The van der Waals surface area contributed by atoms with Gasteiger partial charge in [0.1, 0.15) is 0 Å². The lowest BCUT2D eigenvalue weighted by Crippen LogP contribution is -2.36. The van der Waals surface area contributed by atoms with Crippen LogP contribution in [0.5, 0.6) is 0 Å². The molecule has 2 heterocycles. The zero-order chi connectivity index (χ0) is 21.6. The number of hydrogen-bond acceptors (Lipinski definition) is 5. The van der Waals surface area contributed by atoms with E-state index in [-0.39, 0.29) is 5.91 Å². The van der Waals surface area contributed by atoms with Gasteiger partial charge in [0.2, 0.25) is 5.91 Å². The highest BCUT2D eigenvalue weighted by Gasteiger charge is 2.26. The maximum atomic E-state index is 12.8. The highest BCUT2D eigenvalue weighted by atomic mass is 16.3. The molecule has 1 aromatic heterocycles. The Morgan fingerprint density at radius 1 is 0.935 bits per heavy atom. The van der Waals surface area contributed by atoms with Gasteiger partial charge >= 0.3 is 0 Å². The third-order valence-corrected chi connectivity index (χ3v) is 5.58. The fourth-order valence-electron chi connectivity index (χ4n) is 3.94. The summed E-state index contributed by atoms with van der Waals surface area (Å²) in [4.78, 5) is 22.8. The number of nitrogens with zero attached hydrogens (tertiary/aromatic N) is 4. The molecule has 1 atom stereocenters. The van der Waals surface area contributed by atoms with E-state index in [4.69, 9.17) is 0 Å². The fraction of sp³-hybridized carbons (Fsp3) is 0.280. The Hall–Kier alpha value is -3.22. The number of aromatic nitrogens is 1. The van der Waals surface area contributed by atoms with E-state index in [1.54, 1.807) is 17.3 Å². The van der Waals surface area contributed by atoms with Gasteiger partial charge in [-0.3, -0.25) is 14.7 Å². The minimum Gasteiger partial charge on any atom is -0.390 e. The monoisotopic (exact) mass is 416 g/mol. The zero-order valence-electron chi connectivity index (χ0n) is 17.8. The fourth-order valence-corrected chi connectivity index (χ4v) is 3.94. The van der Waals surface area contributed by atoms with Crippen LogP contribution in [0.1, 0.15) is 11.1 Å². The first-order valence-electron chi connectivity index (χ1n) is 10.5. The van der Waals surface area contributed by atoms with Crippen molar-refractivity contribution in [1.29, 1.82) is 0 Å². The molecule has 6 heteroatoms.